The Hall–Kier alpha value is -1.89. The molecule has 0 unspecified atom stereocenters. The number of nitrogen functional groups attached to an aromatic ring is 1. The molecule has 3 heterocycles. The van der Waals surface area contributed by atoms with E-state index in [1.807, 2.05) is 6.07 Å². The van der Waals surface area contributed by atoms with Crippen LogP contribution in [0.25, 0.3) is 5.78 Å². The van der Waals surface area contributed by atoms with Crippen LogP contribution >= 0.6 is 0 Å². The summed E-state index contributed by atoms with van der Waals surface area (Å²) in [7, 11) is 0. The van der Waals surface area contributed by atoms with Gasteiger partial charge in [0.05, 0.1) is 12.2 Å². The molecule has 7 heteroatoms. The molecule has 20 heavy (non-hydrogen) atoms. The van der Waals surface area contributed by atoms with Gasteiger partial charge in [0.1, 0.15) is 18.0 Å². The molecule has 0 aliphatic carbocycles. The van der Waals surface area contributed by atoms with Gasteiger partial charge in [-0.15, -0.1) is 0 Å². The monoisotopic (exact) mass is 276 g/mol. The molecule has 0 amide bonds. The van der Waals surface area contributed by atoms with Crippen LogP contribution in [0.4, 0.5) is 11.6 Å². The van der Waals surface area contributed by atoms with Gasteiger partial charge in [-0.25, -0.2) is 0 Å². The Morgan fingerprint density at radius 2 is 2.10 bits per heavy atom. The summed E-state index contributed by atoms with van der Waals surface area (Å²) < 4.78 is 7.40. The zero-order valence-corrected chi connectivity index (χ0v) is 11.9. The fraction of sp³-hybridized carbons (Fsp3) is 0.615. The van der Waals surface area contributed by atoms with Gasteiger partial charge < -0.3 is 15.4 Å². The molecule has 3 rings (SSSR count). The number of anilines is 2. The summed E-state index contributed by atoms with van der Waals surface area (Å²) in [5, 5.41) is 4.03. The molecule has 0 spiro atoms. The van der Waals surface area contributed by atoms with E-state index in [0.29, 0.717) is 17.7 Å². The van der Waals surface area contributed by atoms with Crippen molar-refractivity contribution in [3.63, 3.8) is 0 Å². The Labute approximate surface area is 117 Å². The standard InChI is InChI=1S/C13H20N6O/c1-9(2)20-10-3-5-18(6-4-10)12-7-11(14)19-13(17-12)15-8-16-19/h7-10H,3-6,14H2,1-2H3. The lowest BCUT2D eigenvalue weighted by atomic mass is 10.1. The zero-order valence-electron chi connectivity index (χ0n) is 11.9. The molecular weight excluding hydrogens is 256 g/mol. The number of fused-ring (bicyclic) bond motifs is 1. The van der Waals surface area contributed by atoms with Gasteiger partial charge in [-0.3, -0.25) is 0 Å². The van der Waals surface area contributed by atoms with E-state index in [1.165, 1.54) is 10.8 Å². The highest BCUT2D eigenvalue weighted by Gasteiger charge is 2.22. The molecule has 0 aromatic carbocycles. The number of piperidine rings is 1. The number of aromatic nitrogens is 4. The van der Waals surface area contributed by atoms with E-state index in [-0.39, 0.29) is 6.10 Å². The van der Waals surface area contributed by atoms with E-state index in [9.17, 15) is 0 Å². The van der Waals surface area contributed by atoms with E-state index >= 15 is 0 Å². The van der Waals surface area contributed by atoms with Gasteiger partial charge >= 0.3 is 0 Å². The SMILES string of the molecule is CC(C)OC1CCN(c2cc(N)n3ncnc3n2)CC1. The Bertz CT molecular complexity index is 588. The van der Waals surface area contributed by atoms with Crippen molar-refractivity contribution in [3.8, 4) is 0 Å². The third kappa shape index (κ3) is 2.53. The van der Waals surface area contributed by atoms with Gasteiger partial charge in [-0.05, 0) is 26.7 Å². The molecule has 108 valence electrons. The second kappa shape index (κ2) is 5.24. The molecule has 1 saturated heterocycles. The van der Waals surface area contributed by atoms with Gasteiger partial charge in [-0.2, -0.15) is 19.6 Å². The van der Waals surface area contributed by atoms with E-state index in [2.05, 4.69) is 33.8 Å². The summed E-state index contributed by atoms with van der Waals surface area (Å²) in [5.74, 6) is 1.97. The van der Waals surface area contributed by atoms with Crippen LogP contribution in [0, 0.1) is 0 Å². The summed E-state index contributed by atoms with van der Waals surface area (Å²) in [6.45, 7) is 6.00. The maximum Gasteiger partial charge on any atom is 0.256 e. The molecule has 2 aromatic heterocycles. The van der Waals surface area contributed by atoms with Crippen LogP contribution in [0.2, 0.25) is 0 Å². The van der Waals surface area contributed by atoms with Gasteiger partial charge in [0, 0.05) is 19.2 Å². The van der Waals surface area contributed by atoms with E-state index in [0.717, 1.165) is 31.7 Å². The second-order valence-electron chi connectivity index (χ2n) is 5.38. The van der Waals surface area contributed by atoms with E-state index < -0.39 is 0 Å². The summed E-state index contributed by atoms with van der Waals surface area (Å²) >= 11 is 0. The predicted octanol–water partition coefficient (Wildman–Crippen LogP) is 1.10. The molecule has 0 atom stereocenters. The van der Waals surface area contributed by atoms with Crippen LogP contribution in [-0.4, -0.2) is 44.9 Å². The van der Waals surface area contributed by atoms with Gasteiger partial charge in [-0.1, -0.05) is 0 Å². The fourth-order valence-corrected chi connectivity index (χ4v) is 2.59. The Morgan fingerprint density at radius 1 is 1.35 bits per heavy atom. The Morgan fingerprint density at radius 3 is 2.80 bits per heavy atom. The second-order valence-corrected chi connectivity index (χ2v) is 5.38. The molecule has 7 nitrogen and oxygen atoms in total. The van der Waals surface area contributed by atoms with Crippen molar-refractivity contribution in [1.29, 1.82) is 0 Å². The number of nitrogens with zero attached hydrogens (tertiary/aromatic N) is 5. The van der Waals surface area contributed by atoms with Crippen molar-refractivity contribution in [2.24, 2.45) is 0 Å². The lowest BCUT2D eigenvalue weighted by molar-refractivity contribution is -0.00484. The third-order valence-corrected chi connectivity index (χ3v) is 3.50. The third-order valence-electron chi connectivity index (χ3n) is 3.50. The minimum absolute atomic E-state index is 0.285. The van der Waals surface area contributed by atoms with Crippen molar-refractivity contribution >= 4 is 17.4 Å². The smallest absolute Gasteiger partial charge is 0.256 e. The first-order chi connectivity index (χ1) is 9.63. The van der Waals surface area contributed by atoms with Gasteiger partial charge in [0.2, 0.25) is 0 Å². The minimum atomic E-state index is 0.285. The van der Waals surface area contributed by atoms with E-state index in [1.54, 1.807) is 0 Å². The van der Waals surface area contributed by atoms with Gasteiger partial charge in [0.25, 0.3) is 5.78 Å². The molecule has 0 radical (unpaired) electrons. The summed E-state index contributed by atoms with van der Waals surface area (Å²) in [6.07, 6.45) is 4.12. The largest absolute Gasteiger partial charge is 0.383 e. The first kappa shape index (κ1) is 13.1. The number of rotatable bonds is 3. The first-order valence-corrected chi connectivity index (χ1v) is 7.00. The molecule has 1 aliphatic heterocycles. The molecule has 2 N–H and O–H groups in total. The number of hydrogen-bond acceptors (Lipinski definition) is 6. The van der Waals surface area contributed by atoms with Crippen LogP contribution < -0.4 is 10.6 Å². The van der Waals surface area contributed by atoms with Gasteiger partial charge in [0.15, 0.2) is 0 Å². The minimum Gasteiger partial charge on any atom is -0.383 e. The fourth-order valence-electron chi connectivity index (χ4n) is 2.59. The predicted molar refractivity (Wildman–Crippen MR) is 76.7 cm³/mol. The lowest BCUT2D eigenvalue weighted by Gasteiger charge is -2.33. The lowest BCUT2D eigenvalue weighted by Crippen LogP contribution is -2.38. The maximum atomic E-state index is 5.97. The van der Waals surface area contributed by atoms with Crippen LogP contribution in [0.1, 0.15) is 26.7 Å². The molecule has 0 saturated carbocycles. The quantitative estimate of drug-likeness (QED) is 0.904. The van der Waals surface area contributed by atoms with Crippen LogP contribution in [-0.2, 0) is 4.74 Å². The summed E-state index contributed by atoms with van der Waals surface area (Å²) in [6, 6.07) is 1.85. The molecule has 0 bridgehead atoms. The first-order valence-electron chi connectivity index (χ1n) is 7.00. The van der Waals surface area contributed by atoms with Crippen molar-refractivity contribution in [3.05, 3.63) is 12.4 Å². The van der Waals surface area contributed by atoms with Crippen LogP contribution in [0.15, 0.2) is 12.4 Å². The highest BCUT2D eigenvalue weighted by atomic mass is 16.5. The number of hydrogen-bond donors (Lipinski definition) is 1. The van der Waals surface area contributed by atoms with Crippen molar-refractivity contribution in [2.75, 3.05) is 23.7 Å². The highest BCUT2D eigenvalue weighted by molar-refractivity contribution is 5.53. The Balaban J connectivity index is 1.73. The zero-order chi connectivity index (χ0) is 14.1. The van der Waals surface area contributed by atoms with Crippen molar-refractivity contribution in [1.82, 2.24) is 19.6 Å². The molecule has 1 fully saturated rings. The Kier molecular flexibility index (Phi) is 3.43. The number of ether oxygens (including phenoxy) is 1. The van der Waals surface area contributed by atoms with Crippen LogP contribution in [0.3, 0.4) is 0 Å². The summed E-state index contributed by atoms with van der Waals surface area (Å²) in [5.41, 5.74) is 5.97. The highest BCUT2D eigenvalue weighted by Crippen LogP contribution is 2.22. The molecular formula is C13H20N6O. The molecule has 2 aromatic rings. The normalized spacial score (nSPS) is 17.2. The van der Waals surface area contributed by atoms with Crippen molar-refractivity contribution < 1.29 is 4.74 Å². The number of nitrogens with two attached hydrogens (primary N) is 1. The topological polar surface area (TPSA) is 81.6 Å². The van der Waals surface area contributed by atoms with E-state index in [4.69, 9.17) is 10.5 Å². The summed E-state index contributed by atoms with van der Waals surface area (Å²) in [4.78, 5) is 10.8. The maximum absolute atomic E-state index is 5.97. The van der Waals surface area contributed by atoms with Crippen molar-refractivity contribution in [2.45, 2.75) is 38.9 Å². The molecule has 1 aliphatic rings. The average Bonchev–Trinajstić information content (AvgIpc) is 2.87. The average molecular weight is 276 g/mol. The van der Waals surface area contributed by atoms with Crippen LogP contribution in [0.5, 0.6) is 0 Å².